The highest BCUT2D eigenvalue weighted by Gasteiger charge is 2.06. The molecule has 18 heavy (non-hydrogen) atoms. The Morgan fingerprint density at radius 3 is 2.61 bits per heavy atom. The van der Waals surface area contributed by atoms with Crippen molar-refractivity contribution in [2.45, 2.75) is 26.4 Å². The summed E-state index contributed by atoms with van der Waals surface area (Å²) in [6, 6.07) is 6.04. The summed E-state index contributed by atoms with van der Waals surface area (Å²) in [6.07, 6.45) is 1.08. The molecule has 0 bridgehead atoms. The number of hydrogen-bond donors (Lipinski definition) is 2. The zero-order valence-corrected chi connectivity index (χ0v) is 11.7. The molecule has 0 fully saturated rings. The molecular formula is C13H15NO2S2. The van der Waals surface area contributed by atoms with Gasteiger partial charge in [0.1, 0.15) is 0 Å². The third kappa shape index (κ3) is 3.41. The SMILES string of the molecule is CCc1ccc(CNCc2cc(C(=O)O)cs2)s1. The van der Waals surface area contributed by atoms with Gasteiger partial charge in [0.15, 0.2) is 0 Å². The predicted octanol–water partition coefficient (Wildman–Crippen LogP) is 3.36. The average Bonchev–Trinajstić information content (AvgIpc) is 2.97. The van der Waals surface area contributed by atoms with E-state index in [4.69, 9.17) is 5.11 Å². The molecule has 0 aromatic carbocycles. The van der Waals surface area contributed by atoms with Crippen LogP contribution in [0.15, 0.2) is 23.6 Å². The van der Waals surface area contributed by atoms with E-state index in [1.54, 1.807) is 11.4 Å². The molecule has 2 heterocycles. The largest absolute Gasteiger partial charge is 0.478 e. The molecule has 0 radical (unpaired) electrons. The van der Waals surface area contributed by atoms with E-state index in [0.717, 1.165) is 24.4 Å². The van der Waals surface area contributed by atoms with Crippen molar-refractivity contribution in [1.82, 2.24) is 5.32 Å². The van der Waals surface area contributed by atoms with Gasteiger partial charge in [-0.05, 0) is 24.6 Å². The third-order valence-electron chi connectivity index (χ3n) is 2.56. The van der Waals surface area contributed by atoms with Crippen LogP contribution in [-0.2, 0) is 19.5 Å². The number of rotatable bonds is 6. The summed E-state index contributed by atoms with van der Waals surface area (Å²) in [5.41, 5.74) is 0.376. The van der Waals surface area contributed by atoms with Crippen molar-refractivity contribution in [1.29, 1.82) is 0 Å². The summed E-state index contributed by atoms with van der Waals surface area (Å²) in [5.74, 6) is -0.858. The van der Waals surface area contributed by atoms with Crippen LogP contribution in [0.5, 0.6) is 0 Å². The van der Waals surface area contributed by atoms with Crippen LogP contribution in [0.4, 0.5) is 0 Å². The van der Waals surface area contributed by atoms with Gasteiger partial charge < -0.3 is 10.4 Å². The van der Waals surface area contributed by atoms with E-state index in [-0.39, 0.29) is 0 Å². The number of carboxylic acid groups (broad SMARTS) is 1. The molecule has 0 aliphatic heterocycles. The fourth-order valence-electron chi connectivity index (χ4n) is 1.60. The normalized spacial score (nSPS) is 10.7. The van der Waals surface area contributed by atoms with E-state index in [2.05, 4.69) is 24.4 Å². The van der Waals surface area contributed by atoms with E-state index in [1.165, 1.54) is 21.1 Å². The number of aryl methyl sites for hydroxylation is 1. The van der Waals surface area contributed by atoms with Gasteiger partial charge in [-0.25, -0.2) is 4.79 Å². The molecule has 0 spiro atoms. The Labute approximate surface area is 114 Å². The minimum atomic E-state index is -0.858. The molecule has 0 aliphatic carbocycles. The second-order valence-electron chi connectivity index (χ2n) is 3.93. The maximum absolute atomic E-state index is 10.7. The van der Waals surface area contributed by atoms with E-state index < -0.39 is 5.97 Å². The van der Waals surface area contributed by atoms with E-state index in [9.17, 15) is 4.79 Å². The Morgan fingerprint density at radius 1 is 1.28 bits per heavy atom. The molecule has 3 nitrogen and oxygen atoms in total. The van der Waals surface area contributed by atoms with Gasteiger partial charge in [0.25, 0.3) is 0 Å². The number of nitrogens with one attached hydrogen (secondary N) is 1. The molecule has 5 heteroatoms. The summed E-state index contributed by atoms with van der Waals surface area (Å²) in [4.78, 5) is 14.5. The van der Waals surface area contributed by atoms with Gasteiger partial charge in [-0.3, -0.25) is 0 Å². The Bertz CT molecular complexity index is 531. The number of hydrogen-bond acceptors (Lipinski definition) is 4. The van der Waals surface area contributed by atoms with Crippen molar-refractivity contribution in [2.24, 2.45) is 0 Å². The van der Waals surface area contributed by atoms with Crippen molar-refractivity contribution in [3.8, 4) is 0 Å². The lowest BCUT2D eigenvalue weighted by Crippen LogP contribution is -2.10. The average molecular weight is 281 g/mol. The molecule has 96 valence electrons. The lowest BCUT2D eigenvalue weighted by atomic mass is 10.3. The van der Waals surface area contributed by atoms with E-state index in [1.807, 2.05) is 11.3 Å². The summed E-state index contributed by atoms with van der Waals surface area (Å²) in [5, 5.41) is 13.8. The summed E-state index contributed by atoms with van der Waals surface area (Å²) in [7, 11) is 0. The van der Waals surface area contributed by atoms with Gasteiger partial charge >= 0.3 is 5.97 Å². The highest BCUT2D eigenvalue weighted by molar-refractivity contribution is 7.12. The van der Waals surface area contributed by atoms with Crippen LogP contribution in [0.3, 0.4) is 0 Å². The molecule has 2 N–H and O–H groups in total. The van der Waals surface area contributed by atoms with E-state index in [0.29, 0.717) is 5.56 Å². The first-order valence-corrected chi connectivity index (χ1v) is 7.47. The zero-order chi connectivity index (χ0) is 13.0. The van der Waals surface area contributed by atoms with Gasteiger partial charge in [0.05, 0.1) is 5.56 Å². The van der Waals surface area contributed by atoms with Crippen LogP contribution in [0.1, 0.15) is 31.9 Å². The van der Waals surface area contributed by atoms with Crippen LogP contribution in [0, 0.1) is 0 Å². The maximum atomic E-state index is 10.7. The minimum Gasteiger partial charge on any atom is -0.478 e. The Morgan fingerprint density at radius 2 is 2.00 bits per heavy atom. The molecule has 0 aliphatic rings. The van der Waals surface area contributed by atoms with Crippen LogP contribution < -0.4 is 5.32 Å². The van der Waals surface area contributed by atoms with Gasteiger partial charge in [0, 0.05) is 33.1 Å². The predicted molar refractivity (Wildman–Crippen MR) is 75.5 cm³/mol. The maximum Gasteiger partial charge on any atom is 0.336 e. The van der Waals surface area contributed by atoms with Gasteiger partial charge in [-0.15, -0.1) is 22.7 Å². The second kappa shape index (κ2) is 6.13. The molecule has 0 saturated carbocycles. The Hall–Kier alpha value is -1.17. The second-order valence-corrected chi connectivity index (χ2v) is 6.18. The fraction of sp³-hybridized carbons (Fsp3) is 0.308. The van der Waals surface area contributed by atoms with Crippen molar-refractivity contribution in [3.05, 3.63) is 43.8 Å². The Kier molecular flexibility index (Phi) is 4.52. The number of aromatic carboxylic acids is 1. The quantitative estimate of drug-likeness (QED) is 0.853. The summed E-state index contributed by atoms with van der Waals surface area (Å²) >= 11 is 3.31. The third-order valence-corrected chi connectivity index (χ3v) is 4.73. The standard InChI is InChI=1S/C13H15NO2S2/c1-2-10-3-4-11(18-10)6-14-7-12-5-9(8-17-12)13(15)16/h3-5,8,14H,2,6-7H2,1H3,(H,15,16). The highest BCUT2D eigenvalue weighted by atomic mass is 32.1. The molecule has 0 atom stereocenters. The van der Waals surface area contributed by atoms with E-state index >= 15 is 0 Å². The lowest BCUT2D eigenvalue weighted by Gasteiger charge is -2.00. The van der Waals surface area contributed by atoms with Crippen molar-refractivity contribution < 1.29 is 9.90 Å². The number of carbonyl (C=O) groups is 1. The smallest absolute Gasteiger partial charge is 0.336 e. The van der Waals surface area contributed by atoms with Crippen LogP contribution >= 0.6 is 22.7 Å². The molecule has 0 saturated heterocycles. The van der Waals surface area contributed by atoms with Crippen molar-refractivity contribution in [3.63, 3.8) is 0 Å². The first-order chi connectivity index (χ1) is 8.69. The van der Waals surface area contributed by atoms with Crippen molar-refractivity contribution in [2.75, 3.05) is 0 Å². The van der Waals surface area contributed by atoms with Gasteiger partial charge in [0.2, 0.25) is 0 Å². The molecular weight excluding hydrogens is 266 g/mol. The van der Waals surface area contributed by atoms with Gasteiger partial charge in [-0.1, -0.05) is 6.92 Å². The summed E-state index contributed by atoms with van der Waals surface area (Å²) < 4.78 is 0. The molecule has 2 aromatic rings. The molecule has 2 rings (SSSR count). The monoisotopic (exact) mass is 281 g/mol. The molecule has 0 unspecified atom stereocenters. The number of carboxylic acids is 1. The summed E-state index contributed by atoms with van der Waals surface area (Å²) in [6.45, 7) is 3.71. The topological polar surface area (TPSA) is 49.3 Å². The number of thiophene rings is 2. The lowest BCUT2D eigenvalue weighted by molar-refractivity contribution is 0.0697. The zero-order valence-electron chi connectivity index (χ0n) is 10.1. The van der Waals surface area contributed by atoms with Crippen LogP contribution in [0.2, 0.25) is 0 Å². The van der Waals surface area contributed by atoms with Crippen LogP contribution in [-0.4, -0.2) is 11.1 Å². The molecule has 2 aromatic heterocycles. The molecule has 0 amide bonds. The van der Waals surface area contributed by atoms with Gasteiger partial charge in [-0.2, -0.15) is 0 Å². The Balaban J connectivity index is 1.82. The first kappa shape index (κ1) is 13.3. The van der Waals surface area contributed by atoms with Crippen LogP contribution in [0.25, 0.3) is 0 Å². The highest BCUT2D eigenvalue weighted by Crippen LogP contribution is 2.18. The van der Waals surface area contributed by atoms with Crippen molar-refractivity contribution >= 4 is 28.6 Å². The first-order valence-electron chi connectivity index (χ1n) is 5.78. The minimum absolute atomic E-state index is 0.376. The fourth-order valence-corrected chi connectivity index (χ4v) is 3.36.